The average Bonchev–Trinajstić information content (AvgIpc) is 2.61. The lowest BCUT2D eigenvalue weighted by Crippen LogP contribution is -2.40. The molecule has 0 saturated heterocycles. The summed E-state index contributed by atoms with van der Waals surface area (Å²) in [5.74, 6) is 1.76. The molecule has 25 heavy (non-hydrogen) atoms. The molecule has 2 amide bonds. The smallest absolute Gasteiger partial charge is 0.320 e. The molecule has 6 nitrogen and oxygen atoms in total. The van der Waals surface area contributed by atoms with E-state index in [-0.39, 0.29) is 0 Å². The van der Waals surface area contributed by atoms with E-state index in [1.54, 1.807) is 6.20 Å². The van der Waals surface area contributed by atoms with E-state index in [0.717, 1.165) is 46.1 Å². The minimum atomic E-state index is -0.430. The van der Waals surface area contributed by atoms with Crippen LogP contribution in [0.25, 0.3) is 0 Å². The van der Waals surface area contributed by atoms with Crippen molar-refractivity contribution in [2.45, 2.75) is 25.7 Å². The van der Waals surface area contributed by atoms with Crippen molar-refractivity contribution in [3.05, 3.63) is 44.6 Å². The number of aromatic nitrogens is 2. The minimum Gasteiger partial charge on any atom is -0.370 e. The molecule has 8 heteroatoms. The number of primary amides is 1. The number of rotatable bonds is 0. The third-order valence-electron chi connectivity index (χ3n) is 4.11. The van der Waals surface area contributed by atoms with Gasteiger partial charge in [-0.3, -0.25) is 4.90 Å². The molecule has 0 atom stereocenters. The Kier molecular flexibility index (Phi) is 5.90. The minimum absolute atomic E-state index is 0.430. The van der Waals surface area contributed by atoms with E-state index in [9.17, 15) is 4.79 Å². The van der Waals surface area contributed by atoms with E-state index in [4.69, 9.17) is 5.73 Å². The Hall–Kier alpha value is -1.67. The Balaban J connectivity index is 0.000000150. The number of urea groups is 1. The van der Waals surface area contributed by atoms with Gasteiger partial charge in [-0.15, -0.1) is 0 Å². The highest BCUT2D eigenvalue weighted by atomic mass is 79.9. The van der Waals surface area contributed by atoms with Gasteiger partial charge in [-0.25, -0.2) is 14.8 Å². The van der Waals surface area contributed by atoms with Gasteiger partial charge in [0.1, 0.15) is 11.6 Å². The first kappa shape index (κ1) is 18.1. The Morgan fingerprint density at radius 2 is 1.76 bits per heavy atom. The van der Waals surface area contributed by atoms with Crippen molar-refractivity contribution in [3.8, 4) is 0 Å². The van der Waals surface area contributed by atoms with Crippen LogP contribution >= 0.6 is 31.9 Å². The summed E-state index contributed by atoms with van der Waals surface area (Å²) in [5.41, 5.74) is 7.65. The highest BCUT2D eigenvalue weighted by molar-refractivity contribution is 9.10. The number of pyridine rings is 2. The number of hydrogen-bond acceptors (Lipinski definition) is 4. The van der Waals surface area contributed by atoms with E-state index in [0.29, 0.717) is 12.4 Å². The summed E-state index contributed by atoms with van der Waals surface area (Å²) in [6.07, 6.45) is 7.76. The number of nitrogens with one attached hydrogen (secondary N) is 1. The quantitative estimate of drug-likeness (QED) is 0.614. The van der Waals surface area contributed by atoms with Crippen LogP contribution in [0.2, 0.25) is 0 Å². The summed E-state index contributed by atoms with van der Waals surface area (Å²) in [6, 6.07) is 3.69. The van der Waals surface area contributed by atoms with Crippen LogP contribution < -0.4 is 16.0 Å². The molecule has 0 radical (unpaired) electrons. The van der Waals surface area contributed by atoms with Gasteiger partial charge in [-0.1, -0.05) is 0 Å². The lowest BCUT2D eigenvalue weighted by molar-refractivity contribution is 0.253. The molecule has 2 aromatic heterocycles. The van der Waals surface area contributed by atoms with Crippen LogP contribution in [-0.2, 0) is 12.8 Å². The number of nitrogens with two attached hydrogens (primary N) is 1. The SMILES string of the molecule is Brc1cnc2c(c1)CCCN2.NC(=O)N1CCCc2cc(Br)cnc21. The van der Waals surface area contributed by atoms with Crippen molar-refractivity contribution in [1.82, 2.24) is 9.97 Å². The molecule has 2 aliphatic rings. The van der Waals surface area contributed by atoms with Crippen molar-refractivity contribution < 1.29 is 4.79 Å². The first-order valence-electron chi connectivity index (χ1n) is 8.14. The van der Waals surface area contributed by atoms with E-state index in [2.05, 4.69) is 53.2 Å². The summed E-state index contributed by atoms with van der Waals surface area (Å²) in [4.78, 5) is 21.1. The van der Waals surface area contributed by atoms with E-state index in [1.165, 1.54) is 16.9 Å². The summed E-state index contributed by atoms with van der Waals surface area (Å²) < 4.78 is 2.00. The van der Waals surface area contributed by atoms with Gasteiger partial charge < -0.3 is 11.1 Å². The highest BCUT2D eigenvalue weighted by Crippen LogP contribution is 2.26. The Bertz CT molecular complexity index is 784. The number of fused-ring (bicyclic) bond motifs is 2. The first-order chi connectivity index (χ1) is 12.0. The monoisotopic (exact) mass is 467 g/mol. The molecule has 0 aliphatic carbocycles. The standard InChI is InChI=1S/C9H10BrN3O.C8H9BrN2/c10-7-4-6-2-1-3-13(9(11)14)8(6)12-5-7;9-7-4-6-2-1-3-10-8(6)11-5-7/h4-5H,1-3H2,(H2,11,14);4-5H,1-3H2,(H,10,11). The predicted molar refractivity (Wildman–Crippen MR) is 106 cm³/mol. The normalized spacial score (nSPS) is 15.2. The summed E-state index contributed by atoms with van der Waals surface area (Å²) >= 11 is 6.75. The second kappa shape index (κ2) is 8.14. The fraction of sp³-hybridized carbons (Fsp3) is 0.353. The van der Waals surface area contributed by atoms with Crippen LogP contribution in [-0.4, -0.2) is 29.1 Å². The average molecular weight is 469 g/mol. The second-order valence-electron chi connectivity index (χ2n) is 5.92. The molecule has 0 saturated carbocycles. The van der Waals surface area contributed by atoms with Crippen LogP contribution in [0.5, 0.6) is 0 Å². The lowest BCUT2D eigenvalue weighted by atomic mass is 10.1. The zero-order valence-electron chi connectivity index (χ0n) is 13.6. The third kappa shape index (κ3) is 4.49. The Morgan fingerprint density at radius 1 is 1.08 bits per heavy atom. The van der Waals surface area contributed by atoms with E-state index in [1.807, 2.05) is 12.3 Å². The van der Waals surface area contributed by atoms with Crippen molar-refractivity contribution in [2.24, 2.45) is 5.73 Å². The van der Waals surface area contributed by atoms with E-state index >= 15 is 0 Å². The summed E-state index contributed by atoms with van der Waals surface area (Å²) in [5, 5.41) is 3.26. The van der Waals surface area contributed by atoms with Gasteiger partial charge in [0.15, 0.2) is 0 Å². The van der Waals surface area contributed by atoms with Gasteiger partial charge in [-0.2, -0.15) is 0 Å². The molecular weight excluding hydrogens is 450 g/mol. The molecule has 2 aromatic rings. The van der Waals surface area contributed by atoms with Crippen LogP contribution in [0.1, 0.15) is 24.0 Å². The Labute approximate surface area is 163 Å². The van der Waals surface area contributed by atoms with Crippen molar-refractivity contribution in [3.63, 3.8) is 0 Å². The largest absolute Gasteiger partial charge is 0.370 e. The molecule has 4 heterocycles. The summed E-state index contributed by atoms with van der Waals surface area (Å²) in [6.45, 7) is 1.72. The second-order valence-corrected chi connectivity index (χ2v) is 7.75. The van der Waals surface area contributed by atoms with Crippen LogP contribution in [0.3, 0.4) is 0 Å². The van der Waals surface area contributed by atoms with Crippen molar-refractivity contribution in [2.75, 3.05) is 23.3 Å². The molecule has 0 unspecified atom stereocenters. The van der Waals surface area contributed by atoms with Gasteiger partial charge >= 0.3 is 6.03 Å². The zero-order chi connectivity index (χ0) is 17.8. The summed E-state index contributed by atoms with van der Waals surface area (Å²) in [7, 11) is 0. The first-order valence-corrected chi connectivity index (χ1v) is 9.73. The van der Waals surface area contributed by atoms with Gasteiger partial charge in [0.2, 0.25) is 0 Å². The van der Waals surface area contributed by atoms with Gasteiger partial charge in [0.05, 0.1) is 0 Å². The maximum Gasteiger partial charge on any atom is 0.320 e. The molecule has 0 spiro atoms. The molecule has 3 N–H and O–H groups in total. The highest BCUT2D eigenvalue weighted by Gasteiger charge is 2.21. The number of hydrogen-bond donors (Lipinski definition) is 2. The number of halogens is 2. The maximum absolute atomic E-state index is 11.1. The number of aryl methyl sites for hydroxylation is 2. The maximum atomic E-state index is 11.1. The molecule has 0 aromatic carbocycles. The molecule has 0 bridgehead atoms. The molecule has 2 aliphatic heterocycles. The van der Waals surface area contributed by atoms with Crippen LogP contribution in [0.4, 0.5) is 16.4 Å². The van der Waals surface area contributed by atoms with Crippen LogP contribution in [0.15, 0.2) is 33.5 Å². The zero-order valence-corrected chi connectivity index (χ0v) is 16.8. The van der Waals surface area contributed by atoms with Gasteiger partial charge in [0.25, 0.3) is 0 Å². The molecule has 132 valence electrons. The fourth-order valence-corrected chi connectivity index (χ4v) is 3.72. The fourth-order valence-electron chi connectivity index (χ4n) is 2.97. The van der Waals surface area contributed by atoms with Gasteiger partial charge in [-0.05, 0) is 80.8 Å². The van der Waals surface area contributed by atoms with E-state index < -0.39 is 6.03 Å². The van der Waals surface area contributed by atoms with Crippen LogP contribution in [0, 0.1) is 0 Å². The Morgan fingerprint density at radius 3 is 2.52 bits per heavy atom. The van der Waals surface area contributed by atoms with Crippen molar-refractivity contribution in [1.29, 1.82) is 0 Å². The third-order valence-corrected chi connectivity index (χ3v) is 4.97. The molecular formula is C17H19Br2N5O. The number of carbonyl (C=O) groups is 1. The molecule has 4 rings (SSSR count). The van der Waals surface area contributed by atoms with Crippen molar-refractivity contribution >= 4 is 49.5 Å². The lowest BCUT2D eigenvalue weighted by Gasteiger charge is -2.26. The topological polar surface area (TPSA) is 84.1 Å². The van der Waals surface area contributed by atoms with Gasteiger partial charge in [0, 0.05) is 34.4 Å². The number of carbonyl (C=O) groups excluding carboxylic acids is 1. The number of amides is 2. The molecule has 0 fully saturated rings. The number of nitrogens with zero attached hydrogens (tertiary/aromatic N) is 3. The predicted octanol–water partition coefficient (Wildman–Crippen LogP) is 3.88. The number of anilines is 2.